The van der Waals surface area contributed by atoms with Crippen molar-refractivity contribution in [2.24, 2.45) is 0 Å². The van der Waals surface area contributed by atoms with Crippen LogP contribution in [-0.2, 0) is 11.3 Å². The molecule has 1 N–H and O–H groups in total. The summed E-state index contributed by atoms with van der Waals surface area (Å²) in [6, 6.07) is 3.97. The molecule has 0 aliphatic carbocycles. The molecule has 0 saturated heterocycles. The second kappa shape index (κ2) is 7.45. The standard InChI is InChI=1S/C12H19N5O/c1-4-18-9-11-15-10(14-2)8-12(16-11)17(3)7-5-6-13/h8H,4-5,7,9H2,1-3H3,(H,14,15,16). The second-order valence-electron chi connectivity index (χ2n) is 3.74. The Morgan fingerprint density at radius 2 is 2.28 bits per heavy atom. The fourth-order valence-corrected chi connectivity index (χ4v) is 1.40. The maximum atomic E-state index is 8.59. The van der Waals surface area contributed by atoms with E-state index in [1.54, 1.807) is 0 Å². The van der Waals surface area contributed by atoms with Gasteiger partial charge in [-0.2, -0.15) is 5.26 Å². The molecule has 0 bridgehead atoms. The first-order chi connectivity index (χ1) is 8.71. The fourth-order valence-electron chi connectivity index (χ4n) is 1.40. The summed E-state index contributed by atoms with van der Waals surface area (Å²) in [5.74, 6) is 2.18. The molecule has 0 saturated carbocycles. The van der Waals surface area contributed by atoms with E-state index in [2.05, 4.69) is 21.4 Å². The van der Waals surface area contributed by atoms with Gasteiger partial charge in [0.1, 0.15) is 18.2 Å². The molecule has 0 atom stereocenters. The number of nitrogens with zero attached hydrogens (tertiary/aromatic N) is 4. The molecular formula is C12H19N5O. The molecule has 1 heterocycles. The quantitative estimate of drug-likeness (QED) is 0.787. The molecule has 18 heavy (non-hydrogen) atoms. The van der Waals surface area contributed by atoms with Gasteiger partial charge in [-0.05, 0) is 6.92 Å². The Morgan fingerprint density at radius 1 is 1.50 bits per heavy atom. The van der Waals surface area contributed by atoms with Crippen LogP contribution in [0.1, 0.15) is 19.2 Å². The van der Waals surface area contributed by atoms with Crippen molar-refractivity contribution < 1.29 is 4.74 Å². The highest BCUT2D eigenvalue weighted by molar-refractivity contribution is 5.48. The van der Waals surface area contributed by atoms with Crippen molar-refractivity contribution in [3.05, 3.63) is 11.9 Å². The summed E-state index contributed by atoms with van der Waals surface area (Å²) >= 11 is 0. The molecule has 1 aromatic rings. The van der Waals surface area contributed by atoms with Crippen LogP contribution in [0.5, 0.6) is 0 Å². The molecular weight excluding hydrogens is 230 g/mol. The van der Waals surface area contributed by atoms with Gasteiger partial charge >= 0.3 is 0 Å². The van der Waals surface area contributed by atoms with E-state index in [4.69, 9.17) is 10.00 Å². The number of hydrogen-bond donors (Lipinski definition) is 1. The molecule has 6 heteroatoms. The lowest BCUT2D eigenvalue weighted by atomic mass is 10.4. The highest BCUT2D eigenvalue weighted by Crippen LogP contribution is 2.15. The van der Waals surface area contributed by atoms with Crippen molar-refractivity contribution in [1.82, 2.24) is 9.97 Å². The summed E-state index contributed by atoms with van der Waals surface area (Å²) < 4.78 is 5.31. The van der Waals surface area contributed by atoms with Crippen molar-refractivity contribution in [3.63, 3.8) is 0 Å². The maximum absolute atomic E-state index is 8.59. The highest BCUT2D eigenvalue weighted by atomic mass is 16.5. The van der Waals surface area contributed by atoms with Gasteiger partial charge in [-0.1, -0.05) is 0 Å². The number of ether oxygens (including phenoxy) is 1. The molecule has 98 valence electrons. The zero-order valence-corrected chi connectivity index (χ0v) is 11.1. The lowest BCUT2D eigenvalue weighted by Crippen LogP contribution is -2.20. The third-order valence-electron chi connectivity index (χ3n) is 2.40. The summed E-state index contributed by atoms with van der Waals surface area (Å²) in [7, 11) is 3.72. The van der Waals surface area contributed by atoms with E-state index in [-0.39, 0.29) is 0 Å². The Balaban J connectivity index is 2.85. The minimum absolute atomic E-state index is 0.394. The molecule has 0 radical (unpaired) electrons. The van der Waals surface area contributed by atoms with Gasteiger partial charge in [-0.15, -0.1) is 0 Å². The first-order valence-corrected chi connectivity index (χ1v) is 5.92. The zero-order valence-electron chi connectivity index (χ0n) is 11.1. The summed E-state index contributed by atoms with van der Waals surface area (Å²) in [6.45, 7) is 3.60. The normalized spacial score (nSPS) is 9.89. The number of anilines is 2. The Kier molecular flexibility index (Phi) is 5.88. The van der Waals surface area contributed by atoms with E-state index < -0.39 is 0 Å². The van der Waals surface area contributed by atoms with E-state index in [9.17, 15) is 0 Å². The van der Waals surface area contributed by atoms with Crippen molar-refractivity contribution >= 4 is 11.6 Å². The van der Waals surface area contributed by atoms with E-state index in [0.717, 1.165) is 11.6 Å². The van der Waals surface area contributed by atoms with Gasteiger partial charge in [0.15, 0.2) is 5.82 Å². The van der Waals surface area contributed by atoms with E-state index in [1.165, 1.54) is 0 Å². The number of rotatable bonds is 7. The molecule has 0 amide bonds. The Bertz CT molecular complexity index is 415. The monoisotopic (exact) mass is 249 g/mol. The minimum atomic E-state index is 0.394. The van der Waals surface area contributed by atoms with Crippen LogP contribution < -0.4 is 10.2 Å². The Morgan fingerprint density at radius 3 is 2.89 bits per heavy atom. The van der Waals surface area contributed by atoms with Gasteiger partial charge in [0.05, 0.1) is 12.5 Å². The largest absolute Gasteiger partial charge is 0.374 e. The summed E-state index contributed by atoms with van der Waals surface area (Å²) in [5.41, 5.74) is 0. The maximum Gasteiger partial charge on any atom is 0.158 e. The van der Waals surface area contributed by atoms with Crippen LogP contribution in [0.15, 0.2) is 6.07 Å². The Hall–Kier alpha value is -1.87. The number of aromatic nitrogens is 2. The lowest BCUT2D eigenvalue weighted by molar-refractivity contribution is 0.128. The van der Waals surface area contributed by atoms with Crippen molar-refractivity contribution in [3.8, 4) is 6.07 Å². The predicted octanol–water partition coefficient (Wildman–Crippen LogP) is 1.40. The lowest BCUT2D eigenvalue weighted by Gasteiger charge is -2.18. The fraction of sp³-hybridized carbons (Fsp3) is 0.583. The van der Waals surface area contributed by atoms with Crippen LogP contribution >= 0.6 is 0 Å². The van der Waals surface area contributed by atoms with Crippen LogP contribution in [0.2, 0.25) is 0 Å². The van der Waals surface area contributed by atoms with E-state index >= 15 is 0 Å². The van der Waals surface area contributed by atoms with Gasteiger partial charge in [-0.25, -0.2) is 9.97 Å². The molecule has 0 fully saturated rings. The smallest absolute Gasteiger partial charge is 0.158 e. The number of hydrogen-bond acceptors (Lipinski definition) is 6. The van der Waals surface area contributed by atoms with Crippen LogP contribution in [0.3, 0.4) is 0 Å². The molecule has 6 nitrogen and oxygen atoms in total. The predicted molar refractivity (Wildman–Crippen MR) is 70.4 cm³/mol. The first kappa shape index (κ1) is 14.2. The van der Waals surface area contributed by atoms with Crippen LogP contribution in [0, 0.1) is 11.3 Å². The van der Waals surface area contributed by atoms with Gasteiger partial charge < -0.3 is 15.0 Å². The zero-order chi connectivity index (χ0) is 13.4. The van der Waals surface area contributed by atoms with Crippen molar-refractivity contribution in [1.29, 1.82) is 5.26 Å². The molecule has 1 rings (SSSR count). The SMILES string of the molecule is CCOCc1nc(NC)cc(N(C)CCC#N)n1. The van der Waals surface area contributed by atoms with Crippen molar-refractivity contribution in [2.75, 3.05) is 37.5 Å². The van der Waals surface area contributed by atoms with Gasteiger partial charge in [0, 0.05) is 33.3 Å². The number of nitriles is 1. The summed E-state index contributed by atoms with van der Waals surface area (Å²) in [4.78, 5) is 10.7. The highest BCUT2D eigenvalue weighted by Gasteiger charge is 2.07. The Labute approximate surface area is 108 Å². The summed E-state index contributed by atoms with van der Waals surface area (Å²) in [5, 5.41) is 11.6. The topological polar surface area (TPSA) is 74.1 Å². The number of nitrogens with one attached hydrogen (secondary N) is 1. The van der Waals surface area contributed by atoms with Crippen molar-refractivity contribution in [2.45, 2.75) is 20.0 Å². The van der Waals surface area contributed by atoms with Crippen LogP contribution in [0.25, 0.3) is 0 Å². The second-order valence-corrected chi connectivity index (χ2v) is 3.74. The average molecular weight is 249 g/mol. The van der Waals surface area contributed by atoms with Gasteiger partial charge in [-0.3, -0.25) is 0 Å². The van der Waals surface area contributed by atoms with Gasteiger partial charge in [0.25, 0.3) is 0 Å². The molecule has 1 aromatic heterocycles. The van der Waals surface area contributed by atoms with E-state index in [1.807, 2.05) is 32.0 Å². The first-order valence-electron chi connectivity index (χ1n) is 5.92. The van der Waals surface area contributed by atoms with Crippen LogP contribution in [-0.4, -0.2) is 37.2 Å². The minimum Gasteiger partial charge on any atom is -0.374 e. The molecule has 0 spiro atoms. The average Bonchev–Trinajstić information content (AvgIpc) is 2.41. The summed E-state index contributed by atoms with van der Waals surface area (Å²) in [6.07, 6.45) is 0.468. The molecule has 0 aliphatic heterocycles. The molecule has 0 unspecified atom stereocenters. The van der Waals surface area contributed by atoms with E-state index in [0.29, 0.717) is 32.0 Å². The van der Waals surface area contributed by atoms with Gasteiger partial charge in [0.2, 0.25) is 0 Å². The third kappa shape index (κ3) is 4.18. The molecule has 0 aliphatic rings. The molecule has 0 aromatic carbocycles. The van der Waals surface area contributed by atoms with Crippen LogP contribution in [0.4, 0.5) is 11.6 Å². The third-order valence-corrected chi connectivity index (χ3v) is 2.40.